The average Bonchev–Trinajstić information content (AvgIpc) is 2.47. The van der Waals surface area contributed by atoms with Gasteiger partial charge in [0.05, 0.1) is 6.21 Å². The molecule has 0 unspecified atom stereocenters. The first kappa shape index (κ1) is 15.0. The smallest absolute Gasteiger partial charge is 0.184 e. The second kappa shape index (κ2) is 7.40. The highest BCUT2D eigenvalue weighted by atomic mass is 32.1. The fraction of sp³-hybridized carbons (Fsp3) is 0.125. The van der Waals surface area contributed by atoms with Crippen LogP contribution in [0.1, 0.15) is 16.7 Å². The summed E-state index contributed by atoms with van der Waals surface area (Å²) in [6.07, 6.45) is 1.64. The van der Waals surface area contributed by atoms with E-state index in [4.69, 9.17) is 10.5 Å². The number of ether oxygens (including phenoxy) is 1. The number of thiocarbonyl (C=S) groups is 1. The number of hydrogen-bond donors (Lipinski definition) is 2. The molecule has 0 aliphatic carbocycles. The summed E-state index contributed by atoms with van der Waals surface area (Å²) in [6.45, 7) is 2.64. The zero-order valence-electron chi connectivity index (χ0n) is 11.7. The highest BCUT2D eigenvalue weighted by Gasteiger charge is 1.99. The van der Waals surface area contributed by atoms with E-state index in [2.05, 4.69) is 41.8 Å². The van der Waals surface area contributed by atoms with Gasteiger partial charge in [-0.1, -0.05) is 24.3 Å². The van der Waals surface area contributed by atoms with Crippen molar-refractivity contribution < 1.29 is 4.74 Å². The van der Waals surface area contributed by atoms with Crippen molar-refractivity contribution in [2.24, 2.45) is 10.8 Å². The minimum absolute atomic E-state index is 0.143. The van der Waals surface area contributed by atoms with Gasteiger partial charge < -0.3 is 10.5 Å². The zero-order chi connectivity index (χ0) is 15.1. The fourth-order valence-corrected chi connectivity index (χ4v) is 1.81. The quantitative estimate of drug-likeness (QED) is 0.506. The first-order valence-corrected chi connectivity index (χ1v) is 6.92. The van der Waals surface area contributed by atoms with Gasteiger partial charge in [0.25, 0.3) is 0 Å². The van der Waals surface area contributed by atoms with Gasteiger partial charge in [-0.05, 0) is 60.1 Å². The molecule has 0 aromatic heterocycles. The van der Waals surface area contributed by atoms with Gasteiger partial charge >= 0.3 is 0 Å². The lowest BCUT2D eigenvalue weighted by molar-refractivity contribution is 0.305. The van der Waals surface area contributed by atoms with E-state index in [1.54, 1.807) is 6.21 Å². The van der Waals surface area contributed by atoms with Crippen LogP contribution >= 0.6 is 12.2 Å². The molecule has 0 heterocycles. The average molecular weight is 299 g/mol. The van der Waals surface area contributed by atoms with E-state index in [1.165, 1.54) is 11.1 Å². The molecule has 0 spiro atoms. The molecule has 21 heavy (non-hydrogen) atoms. The predicted octanol–water partition coefficient (Wildman–Crippen LogP) is 2.74. The molecule has 4 nitrogen and oxygen atoms in total. The molecule has 0 radical (unpaired) electrons. The molecule has 2 aromatic carbocycles. The molecule has 2 aromatic rings. The van der Waals surface area contributed by atoms with Gasteiger partial charge in [0.2, 0.25) is 0 Å². The highest BCUT2D eigenvalue weighted by molar-refractivity contribution is 7.80. The maximum atomic E-state index is 5.77. The Morgan fingerprint density at radius 1 is 1.24 bits per heavy atom. The molecule has 2 rings (SSSR count). The maximum absolute atomic E-state index is 5.77. The van der Waals surface area contributed by atoms with E-state index in [1.807, 2.05) is 36.4 Å². The van der Waals surface area contributed by atoms with E-state index >= 15 is 0 Å². The molecule has 3 N–H and O–H groups in total. The second-order valence-electron chi connectivity index (χ2n) is 4.52. The molecule has 0 saturated heterocycles. The number of benzene rings is 2. The molecular weight excluding hydrogens is 282 g/mol. The molecular formula is C16H17N3OS. The predicted molar refractivity (Wildman–Crippen MR) is 89.5 cm³/mol. The van der Waals surface area contributed by atoms with E-state index < -0.39 is 0 Å². The number of hydrogen-bond acceptors (Lipinski definition) is 3. The Hall–Kier alpha value is -2.40. The van der Waals surface area contributed by atoms with E-state index in [9.17, 15) is 0 Å². The number of hydrazone groups is 1. The number of nitrogens with zero attached hydrogens (tertiary/aromatic N) is 1. The Kier molecular flexibility index (Phi) is 5.29. The maximum Gasteiger partial charge on any atom is 0.184 e. The second-order valence-corrected chi connectivity index (χ2v) is 4.96. The summed E-state index contributed by atoms with van der Waals surface area (Å²) in [7, 11) is 0. The lowest BCUT2D eigenvalue weighted by Crippen LogP contribution is -2.23. The molecule has 0 aliphatic rings. The highest BCUT2D eigenvalue weighted by Crippen LogP contribution is 2.15. The van der Waals surface area contributed by atoms with Crippen LogP contribution < -0.4 is 15.9 Å². The van der Waals surface area contributed by atoms with Crippen LogP contribution in [0.2, 0.25) is 0 Å². The van der Waals surface area contributed by atoms with Gasteiger partial charge in [-0.3, -0.25) is 5.43 Å². The van der Waals surface area contributed by atoms with E-state index in [0.29, 0.717) is 6.61 Å². The monoisotopic (exact) mass is 299 g/mol. The first-order chi connectivity index (χ1) is 10.1. The summed E-state index contributed by atoms with van der Waals surface area (Å²) < 4.78 is 5.77. The molecule has 0 bridgehead atoms. The van der Waals surface area contributed by atoms with Crippen molar-refractivity contribution in [3.63, 3.8) is 0 Å². The summed E-state index contributed by atoms with van der Waals surface area (Å²) in [4.78, 5) is 0. The van der Waals surface area contributed by atoms with Crippen molar-refractivity contribution in [3.8, 4) is 5.75 Å². The SMILES string of the molecule is Cc1ccccc1COc1ccc(/C=N/NC(N)=S)cc1. The number of rotatable bonds is 5. The number of nitrogens with two attached hydrogens (primary N) is 1. The third-order valence-corrected chi connectivity index (χ3v) is 3.02. The summed E-state index contributed by atoms with van der Waals surface area (Å²) in [5, 5.41) is 4.04. The molecule has 0 fully saturated rings. The van der Waals surface area contributed by atoms with Crippen molar-refractivity contribution in [2.75, 3.05) is 0 Å². The summed E-state index contributed by atoms with van der Waals surface area (Å²) in [5.41, 5.74) is 11.1. The Morgan fingerprint density at radius 3 is 2.62 bits per heavy atom. The third kappa shape index (κ3) is 4.89. The molecule has 0 atom stereocenters. The van der Waals surface area contributed by atoms with Crippen molar-refractivity contribution >= 4 is 23.5 Å². The molecule has 0 amide bonds. The number of aryl methyl sites for hydroxylation is 1. The van der Waals surface area contributed by atoms with Crippen LogP contribution in [0, 0.1) is 6.92 Å². The summed E-state index contributed by atoms with van der Waals surface area (Å²) in [5.74, 6) is 0.817. The van der Waals surface area contributed by atoms with Crippen LogP contribution in [0.4, 0.5) is 0 Å². The lowest BCUT2D eigenvalue weighted by atomic mass is 10.1. The fourth-order valence-electron chi connectivity index (χ4n) is 1.75. The summed E-state index contributed by atoms with van der Waals surface area (Å²) >= 11 is 4.66. The molecule has 108 valence electrons. The van der Waals surface area contributed by atoms with Gasteiger partial charge in [-0.25, -0.2) is 0 Å². The summed E-state index contributed by atoms with van der Waals surface area (Å²) in [6, 6.07) is 15.8. The lowest BCUT2D eigenvalue weighted by Gasteiger charge is -2.08. The zero-order valence-corrected chi connectivity index (χ0v) is 12.6. The topological polar surface area (TPSA) is 59.6 Å². The minimum atomic E-state index is 0.143. The first-order valence-electron chi connectivity index (χ1n) is 6.51. The van der Waals surface area contributed by atoms with Crippen LogP contribution in [0.15, 0.2) is 53.6 Å². The van der Waals surface area contributed by atoms with Gasteiger partial charge in [-0.15, -0.1) is 0 Å². The third-order valence-electron chi connectivity index (χ3n) is 2.92. The van der Waals surface area contributed by atoms with Gasteiger partial charge in [-0.2, -0.15) is 5.10 Å². The van der Waals surface area contributed by atoms with Crippen LogP contribution in [0.5, 0.6) is 5.75 Å². The van der Waals surface area contributed by atoms with E-state index in [-0.39, 0.29) is 5.11 Å². The molecule has 0 saturated carbocycles. The molecule has 5 heteroatoms. The Labute approximate surface area is 129 Å². The van der Waals surface area contributed by atoms with Crippen molar-refractivity contribution in [1.82, 2.24) is 5.43 Å². The Morgan fingerprint density at radius 2 is 1.95 bits per heavy atom. The number of nitrogens with one attached hydrogen (secondary N) is 1. The van der Waals surface area contributed by atoms with Crippen LogP contribution in [-0.4, -0.2) is 11.3 Å². The van der Waals surface area contributed by atoms with E-state index in [0.717, 1.165) is 11.3 Å². The largest absolute Gasteiger partial charge is 0.489 e. The Balaban J connectivity index is 1.92. The van der Waals surface area contributed by atoms with Crippen molar-refractivity contribution in [3.05, 3.63) is 65.2 Å². The van der Waals surface area contributed by atoms with Crippen LogP contribution in [0.25, 0.3) is 0 Å². The van der Waals surface area contributed by atoms with Crippen molar-refractivity contribution in [2.45, 2.75) is 13.5 Å². The van der Waals surface area contributed by atoms with Crippen LogP contribution in [0.3, 0.4) is 0 Å². The standard InChI is InChI=1S/C16H17N3OS/c1-12-4-2-3-5-14(12)11-20-15-8-6-13(7-9-15)10-18-19-16(17)21/h2-10H,11H2,1H3,(H3,17,19,21)/b18-10+. The Bertz CT molecular complexity index is 638. The van der Waals surface area contributed by atoms with Crippen LogP contribution in [-0.2, 0) is 6.61 Å². The normalized spacial score (nSPS) is 10.5. The van der Waals surface area contributed by atoms with Gasteiger partial charge in [0.1, 0.15) is 12.4 Å². The minimum Gasteiger partial charge on any atom is -0.489 e. The van der Waals surface area contributed by atoms with Crippen molar-refractivity contribution in [1.29, 1.82) is 0 Å². The van der Waals surface area contributed by atoms with Gasteiger partial charge in [0, 0.05) is 0 Å². The molecule has 0 aliphatic heterocycles. The van der Waals surface area contributed by atoms with Gasteiger partial charge in [0.15, 0.2) is 5.11 Å².